The molecular weight excluding hydrogens is 695 g/mol. The average Bonchev–Trinajstić information content (AvgIpc) is 3.12. The molecule has 0 saturated heterocycles. The summed E-state index contributed by atoms with van der Waals surface area (Å²) >= 11 is 0. The topological polar surface area (TPSA) is 108 Å². The molecule has 0 radical (unpaired) electrons. The minimum Gasteiger partial charge on any atom is -0.756 e. The van der Waals surface area contributed by atoms with Crippen molar-refractivity contribution in [3.63, 3.8) is 0 Å². The molecule has 9 heteroatoms. The third-order valence-corrected chi connectivity index (χ3v) is 11.1. The molecule has 2 N–H and O–H groups in total. The fourth-order valence-electron chi connectivity index (χ4n) is 6.52. The Kier molecular flexibility index (Phi) is 36.8. The fourth-order valence-corrected chi connectivity index (χ4v) is 7.24. The first-order valence-corrected chi connectivity index (χ1v) is 24.2. The molecule has 0 saturated carbocycles. The summed E-state index contributed by atoms with van der Waals surface area (Å²) in [7, 11) is 1.25. The van der Waals surface area contributed by atoms with Gasteiger partial charge in [0.2, 0.25) is 5.91 Å². The third-order valence-electron chi connectivity index (χ3n) is 10.2. The predicted molar refractivity (Wildman–Crippen MR) is 228 cm³/mol. The van der Waals surface area contributed by atoms with Crippen molar-refractivity contribution >= 4 is 13.7 Å². The van der Waals surface area contributed by atoms with Crippen molar-refractivity contribution in [3.8, 4) is 0 Å². The van der Waals surface area contributed by atoms with Gasteiger partial charge in [-0.3, -0.25) is 9.36 Å². The fraction of sp³-hybridized carbons (Fsp3) is 0.889. The number of nitrogens with zero attached hydrogens (tertiary/aromatic N) is 1. The summed E-state index contributed by atoms with van der Waals surface area (Å²) in [6, 6.07) is -0.897. The Bertz CT molecular complexity index is 938. The first kappa shape index (κ1) is 53.0. The number of hydrogen-bond donors (Lipinski definition) is 2. The third kappa shape index (κ3) is 39.2. The highest BCUT2D eigenvalue weighted by Crippen LogP contribution is 2.38. The van der Waals surface area contributed by atoms with Gasteiger partial charge < -0.3 is 28.8 Å². The molecule has 3 atom stereocenters. The van der Waals surface area contributed by atoms with Crippen LogP contribution in [0.4, 0.5) is 0 Å². The summed E-state index contributed by atoms with van der Waals surface area (Å²) < 4.78 is 23.2. The predicted octanol–water partition coefficient (Wildman–Crippen LogP) is 11.9. The van der Waals surface area contributed by atoms with Gasteiger partial charge in [-0.2, -0.15) is 0 Å². The number of aliphatic hydroxyl groups is 1. The molecule has 0 aromatic heterocycles. The van der Waals surface area contributed by atoms with Crippen LogP contribution >= 0.6 is 7.82 Å². The van der Waals surface area contributed by atoms with Crippen LogP contribution in [0, 0.1) is 0 Å². The largest absolute Gasteiger partial charge is 0.756 e. The van der Waals surface area contributed by atoms with Crippen molar-refractivity contribution in [1.82, 2.24) is 5.32 Å². The molecule has 1 amide bonds. The number of carbonyl (C=O) groups is 1. The lowest BCUT2D eigenvalue weighted by atomic mass is 10.0. The Morgan fingerprint density at radius 1 is 0.630 bits per heavy atom. The Morgan fingerprint density at radius 2 is 1.04 bits per heavy atom. The number of phosphoric acid groups is 1. The minimum absolute atomic E-state index is 0.00433. The molecule has 0 spiro atoms. The van der Waals surface area contributed by atoms with E-state index in [2.05, 4.69) is 31.3 Å². The number of amides is 1. The van der Waals surface area contributed by atoms with Crippen molar-refractivity contribution < 1.29 is 32.9 Å². The molecule has 3 unspecified atom stereocenters. The smallest absolute Gasteiger partial charge is 0.268 e. The highest BCUT2D eigenvalue weighted by molar-refractivity contribution is 7.45. The number of carbonyl (C=O) groups excluding carboxylic acids is 1. The van der Waals surface area contributed by atoms with Crippen LogP contribution in [0.2, 0.25) is 0 Å². The zero-order valence-electron chi connectivity index (χ0n) is 36.2. The molecule has 0 aliphatic carbocycles. The van der Waals surface area contributed by atoms with Crippen LogP contribution in [0.3, 0.4) is 0 Å². The number of rotatable bonds is 41. The van der Waals surface area contributed by atoms with E-state index < -0.39 is 20.0 Å². The lowest BCUT2D eigenvalue weighted by Crippen LogP contribution is -2.45. The highest BCUT2D eigenvalue weighted by atomic mass is 31.2. The van der Waals surface area contributed by atoms with E-state index in [9.17, 15) is 19.4 Å². The van der Waals surface area contributed by atoms with Crippen LogP contribution < -0.4 is 10.2 Å². The second-order valence-corrected chi connectivity index (χ2v) is 18.2. The number of phosphoric ester groups is 1. The van der Waals surface area contributed by atoms with E-state index in [1.807, 2.05) is 27.2 Å². The summed E-state index contributed by atoms with van der Waals surface area (Å²) in [5.74, 6) is -0.207. The number of hydrogen-bond acceptors (Lipinski definition) is 6. The van der Waals surface area contributed by atoms with Crippen molar-refractivity contribution in [2.45, 2.75) is 219 Å². The van der Waals surface area contributed by atoms with Gasteiger partial charge in [-0.05, 0) is 32.1 Å². The average molecular weight is 785 g/mol. The summed E-state index contributed by atoms with van der Waals surface area (Å²) in [4.78, 5) is 25.2. The molecule has 0 heterocycles. The van der Waals surface area contributed by atoms with E-state index in [4.69, 9.17) is 9.05 Å². The quantitative estimate of drug-likeness (QED) is 0.0277. The normalized spacial score (nSPS) is 14.6. The highest BCUT2D eigenvalue weighted by Gasteiger charge is 2.23. The van der Waals surface area contributed by atoms with E-state index in [1.54, 1.807) is 6.08 Å². The van der Waals surface area contributed by atoms with Crippen LogP contribution in [-0.2, 0) is 18.4 Å². The van der Waals surface area contributed by atoms with E-state index in [-0.39, 0.29) is 19.1 Å². The van der Waals surface area contributed by atoms with Crippen LogP contribution in [0.5, 0.6) is 0 Å². The van der Waals surface area contributed by atoms with Crippen molar-refractivity contribution in [3.05, 3.63) is 24.3 Å². The van der Waals surface area contributed by atoms with Gasteiger partial charge in [-0.1, -0.05) is 192 Å². The van der Waals surface area contributed by atoms with Crippen molar-refractivity contribution in [1.29, 1.82) is 0 Å². The Morgan fingerprint density at radius 3 is 1.50 bits per heavy atom. The number of aliphatic hydroxyl groups excluding tert-OH is 1. The van der Waals surface area contributed by atoms with Crippen LogP contribution in [0.25, 0.3) is 0 Å². The molecule has 0 aliphatic heterocycles. The molecule has 0 aromatic rings. The molecule has 0 aliphatic rings. The van der Waals surface area contributed by atoms with Gasteiger partial charge in [0, 0.05) is 6.42 Å². The molecule has 0 fully saturated rings. The number of nitrogens with one attached hydrogen (secondary N) is 1. The molecule has 320 valence electrons. The van der Waals surface area contributed by atoms with Crippen LogP contribution in [-0.4, -0.2) is 68.5 Å². The van der Waals surface area contributed by atoms with E-state index in [1.165, 1.54) is 148 Å². The van der Waals surface area contributed by atoms with Crippen LogP contribution in [0.1, 0.15) is 206 Å². The molecule has 0 rings (SSSR count). The summed E-state index contributed by atoms with van der Waals surface area (Å²) in [6.07, 6.45) is 43.7. The van der Waals surface area contributed by atoms with Gasteiger partial charge in [-0.25, -0.2) is 0 Å². The maximum absolute atomic E-state index is 12.8. The zero-order chi connectivity index (χ0) is 40.0. The van der Waals surface area contributed by atoms with Crippen molar-refractivity contribution in [2.75, 3.05) is 40.9 Å². The SMILES string of the molecule is CCCCCCCCCCCCCCCC/C=C/CC/C=C/C(O)C(COP(=O)([O-])OCC[N+](C)(C)C)NC(=O)CCCCCCCCCCCCCC. The zero-order valence-corrected chi connectivity index (χ0v) is 37.1. The lowest BCUT2D eigenvalue weighted by Gasteiger charge is -2.29. The Balaban J connectivity index is 4.42. The van der Waals surface area contributed by atoms with Crippen molar-refractivity contribution in [2.24, 2.45) is 0 Å². The molecule has 0 aromatic carbocycles. The Hall–Kier alpha value is -1.02. The second kappa shape index (κ2) is 37.6. The Labute approximate surface area is 334 Å². The van der Waals surface area contributed by atoms with Gasteiger partial charge in [0.25, 0.3) is 7.82 Å². The minimum atomic E-state index is -4.59. The lowest BCUT2D eigenvalue weighted by molar-refractivity contribution is -0.870. The second-order valence-electron chi connectivity index (χ2n) is 16.8. The van der Waals surface area contributed by atoms with Gasteiger partial charge in [0.05, 0.1) is 39.9 Å². The maximum Gasteiger partial charge on any atom is 0.268 e. The van der Waals surface area contributed by atoms with Gasteiger partial charge in [0.1, 0.15) is 13.2 Å². The van der Waals surface area contributed by atoms with Gasteiger partial charge >= 0.3 is 0 Å². The molecule has 8 nitrogen and oxygen atoms in total. The summed E-state index contributed by atoms with van der Waals surface area (Å²) in [5, 5.41) is 13.8. The van der Waals surface area contributed by atoms with E-state index >= 15 is 0 Å². The number of unbranched alkanes of at least 4 members (excludes halogenated alkanes) is 26. The monoisotopic (exact) mass is 785 g/mol. The summed E-state index contributed by atoms with van der Waals surface area (Å²) in [6.45, 7) is 4.63. The van der Waals surface area contributed by atoms with Crippen LogP contribution in [0.15, 0.2) is 24.3 Å². The molecule has 0 bridgehead atoms. The van der Waals surface area contributed by atoms with Gasteiger partial charge in [-0.15, -0.1) is 0 Å². The van der Waals surface area contributed by atoms with Gasteiger partial charge in [0.15, 0.2) is 0 Å². The number of allylic oxidation sites excluding steroid dienone is 3. The molecular formula is C45H89N2O6P. The standard InChI is InChI=1S/C45H89N2O6P/c1-6-8-10-12-14-16-18-20-21-22-23-24-25-26-27-28-30-32-34-36-38-44(48)43(42-53-54(50,51)52-41-40-47(3,4)5)46-45(49)39-37-35-33-31-29-19-17-15-13-11-9-7-2/h28,30,36,38,43-44,48H,6-27,29,31-35,37,39-42H2,1-5H3,(H-,46,49,50,51)/b30-28+,38-36+. The first-order chi connectivity index (χ1) is 26.0. The van der Waals surface area contributed by atoms with E-state index in [0.29, 0.717) is 17.4 Å². The number of likely N-dealkylation sites (N-methyl/N-ethyl adjacent to an activating group) is 1. The number of quaternary nitrogens is 1. The first-order valence-electron chi connectivity index (χ1n) is 22.7. The maximum atomic E-state index is 12.8. The summed E-state index contributed by atoms with van der Waals surface area (Å²) in [5.41, 5.74) is 0. The molecule has 54 heavy (non-hydrogen) atoms. The van der Waals surface area contributed by atoms with E-state index in [0.717, 1.165) is 38.5 Å².